The molecule has 27 heavy (non-hydrogen) atoms. The molecular weight excluding hydrogens is 338 g/mol. The minimum atomic E-state index is 0.114. The Kier molecular flexibility index (Phi) is 8.79. The fraction of sp³-hybridized carbons (Fsp3) is 0.950. The topological polar surface area (TPSA) is 68.0 Å². The Morgan fingerprint density at radius 3 is 1.78 bits per heavy atom. The van der Waals surface area contributed by atoms with E-state index in [1.165, 1.54) is 5.96 Å². The third-order valence-electron chi connectivity index (χ3n) is 5.97. The number of hydrogen-bond donors (Lipinski definition) is 2. The molecule has 0 amide bonds. The van der Waals surface area contributed by atoms with E-state index >= 15 is 0 Å². The van der Waals surface area contributed by atoms with Crippen molar-refractivity contribution in [2.24, 2.45) is 11.5 Å². The van der Waals surface area contributed by atoms with E-state index in [4.69, 9.17) is 11.5 Å². The van der Waals surface area contributed by atoms with Crippen LogP contribution in [0.3, 0.4) is 0 Å². The highest BCUT2D eigenvalue weighted by molar-refractivity contribution is 5.76. The molecule has 0 aromatic carbocycles. The van der Waals surface area contributed by atoms with Gasteiger partial charge in [-0.05, 0) is 59.8 Å². The van der Waals surface area contributed by atoms with Gasteiger partial charge in [-0.15, -0.1) is 0 Å². The van der Waals surface area contributed by atoms with Crippen molar-refractivity contribution in [1.29, 1.82) is 0 Å². The molecule has 2 aliphatic heterocycles. The molecule has 0 aliphatic carbocycles. The van der Waals surface area contributed by atoms with Gasteiger partial charge >= 0.3 is 5.96 Å². The molecule has 158 valence electrons. The van der Waals surface area contributed by atoms with Gasteiger partial charge in [0.25, 0.3) is 0 Å². The minimum Gasteiger partial charge on any atom is -0.330 e. The molecule has 2 aliphatic rings. The van der Waals surface area contributed by atoms with Crippen LogP contribution in [0.4, 0.5) is 0 Å². The van der Waals surface area contributed by atoms with Crippen molar-refractivity contribution in [3.8, 4) is 0 Å². The molecule has 2 fully saturated rings. The van der Waals surface area contributed by atoms with E-state index in [0.717, 1.165) is 91.4 Å². The standard InChI is InChI=1S/C20H44N7/c1-20(2,3)23(4)19(26-15-11-24(12-16-26)9-5-7-21)27-17-13-25(14-18-27)10-6-8-22/h5-18,21-22H2,1-4H3/q+1. The van der Waals surface area contributed by atoms with Crippen LogP contribution in [0.15, 0.2) is 0 Å². The second-order valence-corrected chi connectivity index (χ2v) is 8.97. The van der Waals surface area contributed by atoms with Gasteiger partial charge in [0.2, 0.25) is 0 Å². The molecule has 0 saturated carbocycles. The van der Waals surface area contributed by atoms with Crippen molar-refractivity contribution in [1.82, 2.24) is 19.6 Å². The molecule has 0 atom stereocenters. The third-order valence-corrected chi connectivity index (χ3v) is 5.97. The maximum Gasteiger partial charge on any atom is 0.350 e. The monoisotopic (exact) mass is 382 g/mol. The first-order valence-electron chi connectivity index (χ1n) is 10.8. The molecule has 7 nitrogen and oxygen atoms in total. The van der Waals surface area contributed by atoms with Gasteiger partial charge in [-0.2, -0.15) is 0 Å². The Morgan fingerprint density at radius 2 is 1.33 bits per heavy atom. The van der Waals surface area contributed by atoms with Crippen molar-refractivity contribution < 1.29 is 4.58 Å². The minimum absolute atomic E-state index is 0.114. The molecule has 0 aromatic heterocycles. The van der Waals surface area contributed by atoms with Gasteiger partial charge in [0, 0.05) is 26.2 Å². The summed E-state index contributed by atoms with van der Waals surface area (Å²) in [5.74, 6) is 1.42. The summed E-state index contributed by atoms with van der Waals surface area (Å²) >= 11 is 0. The van der Waals surface area contributed by atoms with E-state index in [2.05, 4.69) is 52.0 Å². The summed E-state index contributed by atoms with van der Waals surface area (Å²) in [6, 6.07) is 0. The van der Waals surface area contributed by atoms with Crippen LogP contribution in [-0.2, 0) is 0 Å². The average Bonchev–Trinajstić information content (AvgIpc) is 2.66. The van der Waals surface area contributed by atoms with Crippen LogP contribution in [0.25, 0.3) is 0 Å². The fourth-order valence-corrected chi connectivity index (χ4v) is 3.90. The van der Waals surface area contributed by atoms with Crippen molar-refractivity contribution in [3.63, 3.8) is 0 Å². The molecule has 0 unspecified atom stereocenters. The van der Waals surface area contributed by atoms with Gasteiger partial charge in [-0.3, -0.25) is 24.2 Å². The molecule has 0 spiro atoms. The molecule has 4 N–H and O–H groups in total. The molecular formula is C20H44N7+. The molecule has 7 heteroatoms. The lowest BCUT2D eigenvalue weighted by Gasteiger charge is -2.40. The molecule has 2 saturated heterocycles. The Hall–Kier alpha value is -0.890. The second-order valence-electron chi connectivity index (χ2n) is 8.97. The van der Waals surface area contributed by atoms with Crippen LogP contribution in [0, 0.1) is 0 Å². The number of hydrogen-bond acceptors (Lipinski definition) is 4. The summed E-state index contributed by atoms with van der Waals surface area (Å²) in [4.78, 5) is 10.2. The number of guanidine groups is 1. The highest BCUT2D eigenvalue weighted by Crippen LogP contribution is 2.16. The van der Waals surface area contributed by atoms with E-state index in [1.54, 1.807) is 0 Å². The summed E-state index contributed by atoms with van der Waals surface area (Å²) < 4.78 is 2.61. The lowest BCUT2D eigenvalue weighted by molar-refractivity contribution is -0.550. The molecule has 0 radical (unpaired) electrons. The molecule has 2 rings (SSSR count). The zero-order chi connectivity index (χ0) is 19.9. The summed E-state index contributed by atoms with van der Waals surface area (Å²) in [5, 5.41) is 0. The predicted molar refractivity (Wildman–Crippen MR) is 114 cm³/mol. The summed E-state index contributed by atoms with van der Waals surface area (Å²) in [6.45, 7) is 19.7. The van der Waals surface area contributed by atoms with Gasteiger partial charge in [0.15, 0.2) is 0 Å². The van der Waals surface area contributed by atoms with Gasteiger partial charge < -0.3 is 11.5 Å². The average molecular weight is 383 g/mol. The highest BCUT2D eigenvalue weighted by atomic mass is 15.4. The molecule has 0 bridgehead atoms. The number of nitrogens with two attached hydrogens (primary N) is 2. The van der Waals surface area contributed by atoms with Gasteiger partial charge in [0.05, 0.1) is 38.8 Å². The smallest absolute Gasteiger partial charge is 0.330 e. The Balaban J connectivity index is 2.07. The first-order valence-corrected chi connectivity index (χ1v) is 10.8. The van der Waals surface area contributed by atoms with E-state index in [0.29, 0.717) is 0 Å². The SMILES string of the molecule is CN(C(N1CCN(CCCN)CC1)=[N+]1CCN(CCCN)CC1)C(C)(C)C. The van der Waals surface area contributed by atoms with Crippen molar-refractivity contribution >= 4 is 5.96 Å². The van der Waals surface area contributed by atoms with Gasteiger partial charge in [0.1, 0.15) is 0 Å². The zero-order valence-electron chi connectivity index (χ0n) is 18.3. The third kappa shape index (κ3) is 6.59. The summed E-state index contributed by atoms with van der Waals surface area (Å²) in [6.07, 6.45) is 2.20. The quantitative estimate of drug-likeness (QED) is 0.486. The van der Waals surface area contributed by atoms with Crippen LogP contribution in [-0.4, -0.2) is 121 Å². The van der Waals surface area contributed by atoms with Crippen molar-refractivity contribution in [3.05, 3.63) is 0 Å². The van der Waals surface area contributed by atoms with Crippen LogP contribution >= 0.6 is 0 Å². The predicted octanol–water partition coefficient (Wildman–Crippen LogP) is -0.284. The van der Waals surface area contributed by atoms with Crippen LogP contribution in [0.1, 0.15) is 33.6 Å². The number of rotatable bonds is 6. The first kappa shape index (κ1) is 22.4. The van der Waals surface area contributed by atoms with Gasteiger partial charge in [-0.25, -0.2) is 0 Å². The maximum absolute atomic E-state index is 5.68. The van der Waals surface area contributed by atoms with E-state index in [1.807, 2.05) is 0 Å². The van der Waals surface area contributed by atoms with Crippen LogP contribution in [0.5, 0.6) is 0 Å². The first-order chi connectivity index (χ1) is 12.9. The van der Waals surface area contributed by atoms with Gasteiger partial charge in [-0.1, -0.05) is 0 Å². The fourth-order valence-electron chi connectivity index (χ4n) is 3.90. The zero-order valence-corrected chi connectivity index (χ0v) is 18.3. The second kappa shape index (κ2) is 10.6. The number of piperazine rings is 2. The summed E-state index contributed by atoms with van der Waals surface area (Å²) in [7, 11) is 2.26. The number of nitrogens with zero attached hydrogens (tertiary/aromatic N) is 5. The van der Waals surface area contributed by atoms with E-state index in [9.17, 15) is 0 Å². The Bertz CT molecular complexity index is 453. The van der Waals surface area contributed by atoms with E-state index < -0.39 is 0 Å². The van der Waals surface area contributed by atoms with E-state index in [-0.39, 0.29) is 5.54 Å². The van der Waals surface area contributed by atoms with Crippen LogP contribution in [0.2, 0.25) is 0 Å². The van der Waals surface area contributed by atoms with Crippen LogP contribution < -0.4 is 11.5 Å². The normalized spacial score (nSPS) is 20.2. The largest absolute Gasteiger partial charge is 0.350 e. The van der Waals surface area contributed by atoms with Crippen molar-refractivity contribution in [2.75, 3.05) is 85.6 Å². The molecule has 0 aromatic rings. The maximum atomic E-state index is 5.68. The lowest BCUT2D eigenvalue weighted by atomic mass is 10.1. The molecule has 2 heterocycles. The Morgan fingerprint density at radius 1 is 0.852 bits per heavy atom. The lowest BCUT2D eigenvalue weighted by Crippen LogP contribution is -2.61. The summed E-state index contributed by atoms with van der Waals surface area (Å²) in [5.41, 5.74) is 11.5. The highest BCUT2D eigenvalue weighted by Gasteiger charge is 2.36. The Labute approximate surface area is 166 Å². The van der Waals surface area contributed by atoms with Crippen molar-refractivity contribution in [2.45, 2.75) is 39.2 Å².